The van der Waals surface area contributed by atoms with Gasteiger partial charge in [0.15, 0.2) is 17.5 Å². The van der Waals surface area contributed by atoms with Gasteiger partial charge in [0.1, 0.15) is 0 Å². The summed E-state index contributed by atoms with van der Waals surface area (Å²) in [7, 11) is 0. The van der Waals surface area contributed by atoms with E-state index >= 15 is 0 Å². The largest absolute Gasteiger partial charge is 0.454 e. The van der Waals surface area contributed by atoms with E-state index in [0.29, 0.717) is 26.6 Å². The molecule has 0 amide bonds. The van der Waals surface area contributed by atoms with Crippen LogP contribution in [-0.2, 0) is 17.8 Å². The third-order valence-corrected chi connectivity index (χ3v) is 4.10. The lowest BCUT2D eigenvalue weighted by Crippen LogP contribution is -2.38. The molecule has 27 heavy (non-hydrogen) atoms. The molecule has 0 radical (unpaired) electrons. The Morgan fingerprint density at radius 2 is 1.89 bits per heavy atom. The minimum atomic E-state index is 0.306. The minimum Gasteiger partial charge on any atom is -0.454 e. The molecule has 2 aromatic rings. The number of hydrogen-bond donors (Lipinski definition) is 2. The molecule has 3 rings (SSSR count). The van der Waals surface area contributed by atoms with E-state index in [1.165, 1.54) is 11.1 Å². The van der Waals surface area contributed by atoms with Crippen molar-refractivity contribution in [3.8, 4) is 11.5 Å². The lowest BCUT2D eigenvalue weighted by atomic mass is 10.1. The van der Waals surface area contributed by atoms with Crippen LogP contribution in [0.3, 0.4) is 0 Å². The van der Waals surface area contributed by atoms with Gasteiger partial charge in [-0.25, -0.2) is 0 Å². The summed E-state index contributed by atoms with van der Waals surface area (Å²) in [6, 6.07) is 16.2. The highest BCUT2D eigenvalue weighted by atomic mass is 16.7. The molecule has 1 heterocycles. The Morgan fingerprint density at radius 3 is 2.74 bits per heavy atom. The third-order valence-electron chi connectivity index (χ3n) is 4.10. The molecule has 0 aliphatic carbocycles. The molecule has 2 N–H and O–H groups in total. The number of benzene rings is 2. The maximum absolute atomic E-state index is 5.68. The summed E-state index contributed by atoms with van der Waals surface area (Å²) in [5.74, 6) is 2.45. The maximum Gasteiger partial charge on any atom is 0.231 e. The lowest BCUT2D eigenvalue weighted by Gasteiger charge is -2.11. The smallest absolute Gasteiger partial charge is 0.231 e. The highest BCUT2D eigenvalue weighted by molar-refractivity contribution is 5.79. The van der Waals surface area contributed by atoms with Crippen LogP contribution < -0.4 is 20.1 Å². The van der Waals surface area contributed by atoms with Gasteiger partial charge in [0.05, 0.1) is 19.8 Å². The monoisotopic (exact) mass is 369 g/mol. The van der Waals surface area contributed by atoms with Crippen LogP contribution in [0.2, 0.25) is 0 Å². The van der Waals surface area contributed by atoms with Gasteiger partial charge in [0.25, 0.3) is 0 Å². The summed E-state index contributed by atoms with van der Waals surface area (Å²) in [6.07, 6.45) is 0.881. The van der Waals surface area contributed by atoms with Gasteiger partial charge in [0.2, 0.25) is 6.79 Å². The fraction of sp³-hybridized carbons (Fsp3) is 0.381. The van der Waals surface area contributed by atoms with Gasteiger partial charge in [-0.05, 0) is 36.6 Å². The number of nitrogens with one attached hydrogen (secondary N) is 2. The Balaban J connectivity index is 1.38. The average molecular weight is 369 g/mol. The Kier molecular flexibility index (Phi) is 7.35. The second-order valence-corrected chi connectivity index (χ2v) is 6.16. The van der Waals surface area contributed by atoms with Gasteiger partial charge in [-0.3, -0.25) is 4.99 Å². The van der Waals surface area contributed by atoms with Crippen LogP contribution in [0.25, 0.3) is 0 Å². The van der Waals surface area contributed by atoms with E-state index in [9.17, 15) is 0 Å². The van der Waals surface area contributed by atoms with Crippen molar-refractivity contribution in [2.75, 3.05) is 33.0 Å². The molecule has 0 fully saturated rings. The zero-order valence-corrected chi connectivity index (χ0v) is 15.7. The fourth-order valence-electron chi connectivity index (χ4n) is 2.75. The van der Waals surface area contributed by atoms with Gasteiger partial charge < -0.3 is 24.8 Å². The van der Waals surface area contributed by atoms with Gasteiger partial charge >= 0.3 is 0 Å². The first kappa shape index (κ1) is 19.0. The summed E-state index contributed by atoms with van der Waals surface area (Å²) in [6.45, 7) is 5.79. The van der Waals surface area contributed by atoms with Gasteiger partial charge in [-0.1, -0.05) is 36.4 Å². The molecule has 0 saturated carbocycles. The molecule has 6 heteroatoms. The number of fused-ring (bicyclic) bond motifs is 1. The predicted octanol–water partition coefficient (Wildman–Crippen LogP) is 2.73. The SMILES string of the molecule is CCNC(=NCCOCc1ccccc1)NCCc1ccc2c(c1)OCO2. The van der Waals surface area contributed by atoms with E-state index in [1.807, 2.05) is 30.3 Å². The zero-order chi connectivity index (χ0) is 18.7. The van der Waals surface area contributed by atoms with E-state index in [1.54, 1.807) is 0 Å². The highest BCUT2D eigenvalue weighted by Crippen LogP contribution is 2.32. The molecule has 144 valence electrons. The molecule has 0 saturated heterocycles. The van der Waals surface area contributed by atoms with Crippen LogP contribution >= 0.6 is 0 Å². The zero-order valence-electron chi connectivity index (χ0n) is 15.7. The van der Waals surface area contributed by atoms with Gasteiger partial charge in [0, 0.05) is 13.1 Å². The molecule has 2 aromatic carbocycles. The molecule has 1 aliphatic rings. The van der Waals surface area contributed by atoms with Crippen molar-refractivity contribution >= 4 is 5.96 Å². The number of nitrogens with zero attached hydrogens (tertiary/aromatic N) is 1. The number of hydrogen-bond acceptors (Lipinski definition) is 4. The molecular weight excluding hydrogens is 342 g/mol. The quantitative estimate of drug-likeness (QED) is 0.404. The van der Waals surface area contributed by atoms with Gasteiger partial charge in [-0.15, -0.1) is 0 Å². The Hall–Kier alpha value is -2.73. The van der Waals surface area contributed by atoms with E-state index < -0.39 is 0 Å². The number of ether oxygens (including phenoxy) is 3. The maximum atomic E-state index is 5.68. The van der Waals surface area contributed by atoms with Gasteiger partial charge in [-0.2, -0.15) is 0 Å². The molecule has 0 bridgehead atoms. The number of aliphatic imine (C=N–C) groups is 1. The molecule has 0 aromatic heterocycles. The summed E-state index contributed by atoms with van der Waals surface area (Å²) >= 11 is 0. The minimum absolute atomic E-state index is 0.306. The topological polar surface area (TPSA) is 64.1 Å². The predicted molar refractivity (Wildman–Crippen MR) is 106 cm³/mol. The second-order valence-electron chi connectivity index (χ2n) is 6.16. The summed E-state index contributed by atoms with van der Waals surface area (Å²) < 4.78 is 16.4. The van der Waals surface area contributed by atoms with Crippen molar-refractivity contribution in [3.63, 3.8) is 0 Å². The van der Waals surface area contributed by atoms with E-state index in [2.05, 4.69) is 40.7 Å². The highest BCUT2D eigenvalue weighted by Gasteiger charge is 2.12. The first-order valence-corrected chi connectivity index (χ1v) is 9.37. The summed E-state index contributed by atoms with van der Waals surface area (Å²) in [5.41, 5.74) is 2.38. The second kappa shape index (κ2) is 10.4. The van der Waals surface area contributed by atoms with Crippen LogP contribution in [0, 0.1) is 0 Å². The standard InChI is InChI=1S/C21H27N3O3/c1-2-22-21(24-12-13-25-15-18-6-4-3-5-7-18)23-11-10-17-8-9-19-20(14-17)27-16-26-19/h3-9,14H,2,10-13,15-16H2,1H3,(H2,22,23,24). The van der Waals surface area contributed by atoms with E-state index in [0.717, 1.165) is 37.0 Å². The first-order chi connectivity index (χ1) is 13.3. The number of guanidine groups is 1. The van der Waals surface area contributed by atoms with Crippen LogP contribution in [0.4, 0.5) is 0 Å². The Bertz CT molecular complexity index is 735. The summed E-state index contributed by atoms with van der Waals surface area (Å²) in [5, 5.41) is 6.61. The lowest BCUT2D eigenvalue weighted by molar-refractivity contribution is 0.128. The Morgan fingerprint density at radius 1 is 1.04 bits per heavy atom. The molecular formula is C21H27N3O3. The average Bonchev–Trinajstić information content (AvgIpc) is 3.16. The van der Waals surface area contributed by atoms with Crippen LogP contribution in [-0.4, -0.2) is 39.0 Å². The van der Waals surface area contributed by atoms with Crippen molar-refractivity contribution in [2.45, 2.75) is 20.0 Å². The van der Waals surface area contributed by atoms with Crippen molar-refractivity contribution in [1.29, 1.82) is 0 Å². The third kappa shape index (κ3) is 6.18. The van der Waals surface area contributed by atoms with Crippen LogP contribution in [0.15, 0.2) is 53.5 Å². The molecule has 6 nitrogen and oxygen atoms in total. The molecule has 0 spiro atoms. The summed E-state index contributed by atoms with van der Waals surface area (Å²) in [4.78, 5) is 4.56. The molecule has 0 unspecified atom stereocenters. The van der Waals surface area contributed by atoms with Crippen molar-refractivity contribution in [2.24, 2.45) is 4.99 Å². The van der Waals surface area contributed by atoms with Crippen molar-refractivity contribution < 1.29 is 14.2 Å². The molecule has 1 aliphatic heterocycles. The van der Waals surface area contributed by atoms with Crippen molar-refractivity contribution in [1.82, 2.24) is 10.6 Å². The first-order valence-electron chi connectivity index (χ1n) is 9.37. The van der Waals surface area contributed by atoms with Crippen molar-refractivity contribution in [3.05, 3.63) is 59.7 Å². The van der Waals surface area contributed by atoms with E-state index in [4.69, 9.17) is 14.2 Å². The van der Waals surface area contributed by atoms with E-state index in [-0.39, 0.29) is 0 Å². The molecule has 0 atom stereocenters. The normalized spacial score (nSPS) is 12.9. The van der Waals surface area contributed by atoms with Crippen LogP contribution in [0.1, 0.15) is 18.1 Å². The fourth-order valence-corrected chi connectivity index (χ4v) is 2.75. The Labute approximate surface area is 160 Å². The number of rotatable bonds is 9. The van der Waals surface area contributed by atoms with Crippen LogP contribution in [0.5, 0.6) is 11.5 Å².